The first kappa shape index (κ1) is 17.7. The lowest BCUT2D eigenvalue weighted by Crippen LogP contribution is -2.30. The van der Waals surface area contributed by atoms with Gasteiger partial charge in [0.05, 0.1) is 0 Å². The van der Waals surface area contributed by atoms with Crippen molar-refractivity contribution >= 4 is 23.5 Å². The molecule has 2 aromatic carbocycles. The Labute approximate surface area is 159 Å². The lowest BCUT2D eigenvalue weighted by molar-refractivity contribution is -0.111. The SMILES string of the molecule is CC(=O)c1ccccc1/C=C/C(=O)Nc1ccc2c(c1)C1CCCN1CC2. The highest BCUT2D eigenvalue weighted by Crippen LogP contribution is 2.38. The van der Waals surface area contributed by atoms with E-state index in [1.165, 1.54) is 43.5 Å². The van der Waals surface area contributed by atoms with E-state index in [1.807, 2.05) is 24.3 Å². The Kier molecular flexibility index (Phi) is 4.90. The number of nitrogens with one attached hydrogen (secondary N) is 1. The van der Waals surface area contributed by atoms with Crippen molar-refractivity contribution in [2.24, 2.45) is 0 Å². The summed E-state index contributed by atoms with van der Waals surface area (Å²) in [6, 6.07) is 14.1. The number of ketones is 1. The summed E-state index contributed by atoms with van der Waals surface area (Å²) in [4.78, 5) is 26.6. The Hall–Kier alpha value is -2.72. The topological polar surface area (TPSA) is 49.4 Å². The van der Waals surface area contributed by atoms with Gasteiger partial charge >= 0.3 is 0 Å². The maximum absolute atomic E-state index is 12.4. The molecule has 1 amide bonds. The van der Waals surface area contributed by atoms with Crippen LogP contribution in [0.4, 0.5) is 5.69 Å². The molecule has 2 aliphatic heterocycles. The van der Waals surface area contributed by atoms with Crippen LogP contribution in [0.3, 0.4) is 0 Å². The van der Waals surface area contributed by atoms with E-state index in [2.05, 4.69) is 22.3 Å². The van der Waals surface area contributed by atoms with Crippen molar-refractivity contribution in [3.8, 4) is 0 Å². The second-order valence-corrected chi connectivity index (χ2v) is 7.32. The number of nitrogens with zero attached hydrogens (tertiary/aromatic N) is 1. The van der Waals surface area contributed by atoms with Crippen LogP contribution in [0.15, 0.2) is 48.5 Å². The number of hydrogen-bond acceptors (Lipinski definition) is 3. The maximum Gasteiger partial charge on any atom is 0.248 e. The van der Waals surface area contributed by atoms with Crippen molar-refractivity contribution < 1.29 is 9.59 Å². The predicted octanol–water partition coefficient (Wildman–Crippen LogP) is 4.23. The number of fused-ring (bicyclic) bond motifs is 3. The minimum Gasteiger partial charge on any atom is -0.323 e. The Balaban J connectivity index is 1.49. The highest BCUT2D eigenvalue weighted by atomic mass is 16.1. The third-order valence-corrected chi connectivity index (χ3v) is 5.56. The third-order valence-electron chi connectivity index (χ3n) is 5.56. The van der Waals surface area contributed by atoms with Gasteiger partial charge in [-0.05, 0) is 67.6 Å². The highest BCUT2D eigenvalue weighted by Gasteiger charge is 2.31. The lowest BCUT2D eigenvalue weighted by atomic mass is 9.92. The van der Waals surface area contributed by atoms with Gasteiger partial charge in [0, 0.05) is 29.9 Å². The van der Waals surface area contributed by atoms with Gasteiger partial charge in [-0.25, -0.2) is 0 Å². The molecular formula is C23H24N2O2. The number of Topliss-reactive ketones (excluding diaryl/α,β-unsaturated/α-hetero) is 1. The number of benzene rings is 2. The first-order chi connectivity index (χ1) is 13.1. The minimum atomic E-state index is -0.188. The molecule has 1 atom stereocenters. The molecular weight excluding hydrogens is 336 g/mol. The van der Waals surface area contributed by atoms with E-state index in [4.69, 9.17) is 0 Å². The summed E-state index contributed by atoms with van der Waals surface area (Å²) in [6.07, 6.45) is 6.72. The average Bonchev–Trinajstić information content (AvgIpc) is 3.16. The summed E-state index contributed by atoms with van der Waals surface area (Å²) in [6.45, 7) is 3.85. The van der Waals surface area contributed by atoms with Gasteiger partial charge in [0.2, 0.25) is 5.91 Å². The smallest absolute Gasteiger partial charge is 0.248 e. The van der Waals surface area contributed by atoms with Crippen LogP contribution in [0.2, 0.25) is 0 Å². The van der Waals surface area contributed by atoms with E-state index in [1.54, 1.807) is 12.1 Å². The fraction of sp³-hybridized carbons (Fsp3) is 0.304. The third kappa shape index (κ3) is 3.71. The molecule has 2 aliphatic rings. The molecule has 0 saturated carbocycles. The molecule has 1 saturated heterocycles. The van der Waals surface area contributed by atoms with Crippen LogP contribution < -0.4 is 5.32 Å². The Bertz CT molecular complexity index is 916. The molecule has 0 bridgehead atoms. The molecule has 0 spiro atoms. The standard InChI is InChI=1S/C23H24N2O2/c1-16(26)20-6-3-2-5-17(20)9-11-23(27)24-19-10-8-18-12-14-25-13-4-7-22(25)21(18)15-19/h2-3,5-6,8-11,15,22H,4,7,12-14H2,1H3,(H,24,27)/b11-9+. The van der Waals surface area contributed by atoms with E-state index in [-0.39, 0.29) is 11.7 Å². The summed E-state index contributed by atoms with van der Waals surface area (Å²) in [5.41, 5.74) is 4.98. The Morgan fingerprint density at radius 1 is 1.15 bits per heavy atom. The number of carbonyl (C=O) groups is 2. The first-order valence-electron chi connectivity index (χ1n) is 9.58. The molecule has 1 fully saturated rings. The molecule has 0 radical (unpaired) electrons. The average molecular weight is 360 g/mol. The summed E-state index contributed by atoms with van der Waals surface area (Å²) >= 11 is 0. The molecule has 2 heterocycles. The number of anilines is 1. The normalized spacial score (nSPS) is 18.9. The molecule has 4 nitrogen and oxygen atoms in total. The molecule has 4 rings (SSSR count). The highest BCUT2D eigenvalue weighted by molar-refractivity contribution is 6.04. The molecule has 1 unspecified atom stereocenters. The zero-order chi connectivity index (χ0) is 18.8. The Morgan fingerprint density at radius 3 is 2.85 bits per heavy atom. The van der Waals surface area contributed by atoms with Crippen LogP contribution in [0.5, 0.6) is 0 Å². The Morgan fingerprint density at radius 2 is 2.00 bits per heavy atom. The number of amides is 1. The van der Waals surface area contributed by atoms with Gasteiger partial charge < -0.3 is 5.32 Å². The predicted molar refractivity (Wildman–Crippen MR) is 108 cm³/mol. The zero-order valence-electron chi connectivity index (χ0n) is 15.6. The van der Waals surface area contributed by atoms with Crippen molar-refractivity contribution in [1.82, 2.24) is 4.90 Å². The second-order valence-electron chi connectivity index (χ2n) is 7.32. The van der Waals surface area contributed by atoms with Crippen LogP contribution in [0, 0.1) is 0 Å². The molecule has 0 aliphatic carbocycles. The second kappa shape index (κ2) is 7.49. The summed E-state index contributed by atoms with van der Waals surface area (Å²) < 4.78 is 0. The van der Waals surface area contributed by atoms with Crippen molar-refractivity contribution in [3.05, 3.63) is 70.8 Å². The monoisotopic (exact) mass is 360 g/mol. The van der Waals surface area contributed by atoms with E-state index in [9.17, 15) is 9.59 Å². The van der Waals surface area contributed by atoms with E-state index in [0.29, 0.717) is 11.6 Å². The van der Waals surface area contributed by atoms with Crippen LogP contribution in [-0.2, 0) is 11.2 Å². The molecule has 27 heavy (non-hydrogen) atoms. The van der Waals surface area contributed by atoms with E-state index in [0.717, 1.165) is 24.2 Å². The summed E-state index contributed by atoms with van der Waals surface area (Å²) in [5, 5.41) is 2.96. The molecule has 1 N–H and O–H groups in total. The van der Waals surface area contributed by atoms with Crippen LogP contribution in [-0.4, -0.2) is 29.7 Å². The largest absolute Gasteiger partial charge is 0.323 e. The lowest BCUT2D eigenvalue weighted by Gasteiger charge is -2.32. The maximum atomic E-state index is 12.4. The molecule has 138 valence electrons. The number of rotatable bonds is 4. The van der Waals surface area contributed by atoms with Crippen LogP contribution in [0.25, 0.3) is 6.08 Å². The quantitative estimate of drug-likeness (QED) is 0.655. The van der Waals surface area contributed by atoms with Gasteiger partial charge in [0.1, 0.15) is 0 Å². The van der Waals surface area contributed by atoms with Crippen molar-refractivity contribution in [2.75, 3.05) is 18.4 Å². The van der Waals surface area contributed by atoms with E-state index < -0.39 is 0 Å². The number of hydrogen-bond donors (Lipinski definition) is 1. The van der Waals surface area contributed by atoms with Crippen molar-refractivity contribution in [2.45, 2.75) is 32.2 Å². The van der Waals surface area contributed by atoms with Gasteiger partial charge in [-0.15, -0.1) is 0 Å². The first-order valence-corrected chi connectivity index (χ1v) is 9.58. The molecule has 0 aromatic heterocycles. The fourth-order valence-corrected chi connectivity index (χ4v) is 4.23. The van der Waals surface area contributed by atoms with Crippen molar-refractivity contribution in [3.63, 3.8) is 0 Å². The summed E-state index contributed by atoms with van der Waals surface area (Å²) in [7, 11) is 0. The van der Waals surface area contributed by atoms with Gasteiger partial charge in [-0.1, -0.05) is 30.3 Å². The molecule has 4 heteroatoms. The van der Waals surface area contributed by atoms with Gasteiger partial charge in [0.15, 0.2) is 5.78 Å². The van der Waals surface area contributed by atoms with Gasteiger partial charge in [-0.2, -0.15) is 0 Å². The van der Waals surface area contributed by atoms with E-state index >= 15 is 0 Å². The van der Waals surface area contributed by atoms with Crippen LogP contribution in [0.1, 0.15) is 52.9 Å². The summed E-state index contributed by atoms with van der Waals surface area (Å²) in [5.74, 6) is -0.196. The van der Waals surface area contributed by atoms with Crippen molar-refractivity contribution in [1.29, 1.82) is 0 Å². The zero-order valence-corrected chi connectivity index (χ0v) is 15.6. The minimum absolute atomic E-state index is 0.00790. The van der Waals surface area contributed by atoms with Gasteiger partial charge in [0.25, 0.3) is 0 Å². The number of carbonyl (C=O) groups excluding carboxylic acids is 2. The molecule has 2 aromatic rings. The van der Waals surface area contributed by atoms with Crippen LogP contribution >= 0.6 is 0 Å². The van der Waals surface area contributed by atoms with Gasteiger partial charge in [-0.3, -0.25) is 14.5 Å². The fourth-order valence-electron chi connectivity index (χ4n) is 4.23.